The number of piperazine rings is 1. The fourth-order valence-electron chi connectivity index (χ4n) is 2.15. The number of thiophene rings is 1. The van der Waals surface area contributed by atoms with Crippen molar-refractivity contribution < 1.29 is 0 Å². The third kappa shape index (κ3) is 2.68. The van der Waals surface area contributed by atoms with Crippen LogP contribution in [0.15, 0.2) is 29.2 Å². The molecular formula is C13H16N4S. The van der Waals surface area contributed by atoms with Crippen LogP contribution in [0.25, 0.3) is 0 Å². The van der Waals surface area contributed by atoms with Gasteiger partial charge in [-0.15, -0.1) is 0 Å². The van der Waals surface area contributed by atoms with Gasteiger partial charge in [0.15, 0.2) is 0 Å². The lowest BCUT2D eigenvalue weighted by atomic mass is 10.2. The van der Waals surface area contributed by atoms with Gasteiger partial charge in [0.2, 0.25) is 0 Å². The first-order chi connectivity index (χ1) is 8.92. The largest absolute Gasteiger partial charge is 0.354 e. The van der Waals surface area contributed by atoms with Gasteiger partial charge in [0.1, 0.15) is 12.1 Å². The average Bonchev–Trinajstić information content (AvgIpc) is 2.93. The van der Waals surface area contributed by atoms with Crippen molar-refractivity contribution in [2.45, 2.75) is 6.42 Å². The molecule has 0 aromatic carbocycles. The van der Waals surface area contributed by atoms with Crippen LogP contribution < -0.4 is 10.2 Å². The van der Waals surface area contributed by atoms with E-state index in [1.165, 1.54) is 5.56 Å². The molecular weight excluding hydrogens is 244 g/mol. The Kier molecular flexibility index (Phi) is 3.52. The van der Waals surface area contributed by atoms with Crippen LogP contribution in [0, 0.1) is 0 Å². The standard InChI is InChI=1S/C13H16N4S/c1-6-18-9-11(1)7-12-8-13(16-10-15-12)17-4-2-14-3-5-17/h1,6,8-10,14H,2-5,7H2. The maximum Gasteiger partial charge on any atom is 0.132 e. The third-order valence-electron chi connectivity index (χ3n) is 3.12. The fraction of sp³-hybridized carbons (Fsp3) is 0.385. The van der Waals surface area contributed by atoms with Gasteiger partial charge in [0.05, 0.1) is 5.69 Å². The molecule has 1 fully saturated rings. The highest BCUT2D eigenvalue weighted by Crippen LogP contribution is 2.15. The van der Waals surface area contributed by atoms with Crippen LogP contribution in [0.2, 0.25) is 0 Å². The minimum absolute atomic E-state index is 0.894. The molecule has 1 saturated heterocycles. The van der Waals surface area contributed by atoms with Crippen LogP contribution in [0.4, 0.5) is 5.82 Å². The van der Waals surface area contributed by atoms with Crippen molar-refractivity contribution in [3.63, 3.8) is 0 Å². The maximum atomic E-state index is 4.38. The molecule has 94 valence electrons. The summed E-state index contributed by atoms with van der Waals surface area (Å²) in [6, 6.07) is 4.26. The molecule has 5 heteroatoms. The van der Waals surface area contributed by atoms with E-state index in [2.05, 4.69) is 43.1 Å². The van der Waals surface area contributed by atoms with E-state index in [9.17, 15) is 0 Å². The van der Waals surface area contributed by atoms with Crippen LogP contribution in [0.1, 0.15) is 11.3 Å². The van der Waals surface area contributed by atoms with Crippen LogP contribution in [0.5, 0.6) is 0 Å². The summed E-state index contributed by atoms with van der Waals surface area (Å²) in [5.74, 6) is 1.05. The second-order valence-electron chi connectivity index (χ2n) is 4.41. The predicted molar refractivity (Wildman–Crippen MR) is 74.2 cm³/mol. The van der Waals surface area contributed by atoms with Crippen molar-refractivity contribution in [3.05, 3.63) is 40.5 Å². The number of nitrogens with zero attached hydrogens (tertiary/aromatic N) is 3. The number of anilines is 1. The van der Waals surface area contributed by atoms with Gasteiger partial charge in [-0.2, -0.15) is 11.3 Å². The van der Waals surface area contributed by atoms with Crippen molar-refractivity contribution in [2.24, 2.45) is 0 Å². The van der Waals surface area contributed by atoms with Crippen molar-refractivity contribution in [3.8, 4) is 0 Å². The van der Waals surface area contributed by atoms with Gasteiger partial charge in [0, 0.05) is 38.7 Å². The van der Waals surface area contributed by atoms with E-state index in [1.54, 1.807) is 17.7 Å². The number of nitrogens with one attached hydrogen (secondary N) is 1. The topological polar surface area (TPSA) is 41.1 Å². The van der Waals surface area contributed by atoms with Crippen LogP contribution >= 0.6 is 11.3 Å². The molecule has 0 radical (unpaired) electrons. The molecule has 3 heterocycles. The summed E-state index contributed by atoms with van der Waals surface area (Å²) >= 11 is 1.73. The normalized spacial score (nSPS) is 15.9. The monoisotopic (exact) mass is 260 g/mol. The summed E-state index contributed by atoms with van der Waals surface area (Å²) in [5.41, 5.74) is 2.42. The second-order valence-corrected chi connectivity index (χ2v) is 5.19. The zero-order valence-electron chi connectivity index (χ0n) is 10.2. The Bertz CT molecular complexity index is 491. The highest BCUT2D eigenvalue weighted by Gasteiger charge is 2.12. The summed E-state index contributed by atoms with van der Waals surface area (Å²) in [4.78, 5) is 11.1. The van der Waals surface area contributed by atoms with Gasteiger partial charge >= 0.3 is 0 Å². The number of hydrogen-bond acceptors (Lipinski definition) is 5. The van der Waals surface area contributed by atoms with Crippen LogP contribution in [-0.2, 0) is 6.42 Å². The Balaban J connectivity index is 1.76. The van der Waals surface area contributed by atoms with E-state index >= 15 is 0 Å². The molecule has 0 amide bonds. The van der Waals surface area contributed by atoms with Gasteiger partial charge < -0.3 is 10.2 Å². The summed E-state index contributed by atoms with van der Waals surface area (Å²) in [6.07, 6.45) is 2.57. The second kappa shape index (κ2) is 5.46. The Hall–Kier alpha value is -1.46. The SMILES string of the molecule is c1nc(Cc2ccsc2)cc(N2CCNCC2)n1. The Morgan fingerprint density at radius 3 is 2.94 bits per heavy atom. The van der Waals surface area contributed by atoms with Gasteiger partial charge in [-0.1, -0.05) is 0 Å². The van der Waals surface area contributed by atoms with Crippen LogP contribution in [-0.4, -0.2) is 36.1 Å². The first-order valence-electron chi connectivity index (χ1n) is 6.19. The fourth-order valence-corrected chi connectivity index (χ4v) is 2.82. The smallest absolute Gasteiger partial charge is 0.132 e. The molecule has 0 aliphatic carbocycles. The Morgan fingerprint density at radius 1 is 1.28 bits per heavy atom. The van der Waals surface area contributed by atoms with E-state index in [1.807, 2.05) is 0 Å². The zero-order chi connectivity index (χ0) is 12.2. The summed E-state index contributed by atoms with van der Waals surface area (Å²) in [6.45, 7) is 4.11. The van der Waals surface area contributed by atoms with Gasteiger partial charge in [-0.25, -0.2) is 9.97 Å². The van der Waals surface area contributed by atoms with E-state index in [0.717, 1.165) is 44.1 Å². The highest BCUT2D eigenvalue weighted by atomic mass is 32.1. The molecule has 2 aromatic heterocycles. The summed E-state index contributed by atoms with van der Waals surface area (Å²) < 4.78 is 0. The van der Waals surface area contributed by atoms with E-state index in [-0.39, 0.29) is 0 Å². The minimum atomic E-state index is 0.894. The molecule has 18 heavy (non-hydrogen) atoms. The first-order valence-corrected chi connectivity index (χ1v) is 7.14. The Labute approximate surface area is 111 Å². The van der Waals surface area contributed by atoms with Gasteiger partial charge in [-0.3, -0.25) is 0 Å². The molecule has 3 rings (SSSR count). The number of hydrogen-bond donors (Lipinski definition) is 1. The van der Waals surface area contributed by atoms with Crippen molar-refractivity contribution in [1.29, 1.82) is 0 Å². The Morgan fingerprint density at radius 2 is 2.17 bits per heavy atom. The van der Waals surface area contributed by atoms with Gasteiger partial charge in [-0.05, 0) is 22.4 Å². The lowest BCUT2D eigenvalue weighted by Gasteiger charge is -2.28. The summed E-state index contributed by atoms with van der Waals surface area (Å²) in [5, 5.41) is 7.63. The molecule has 0 bridgehead atoms. The third-order valence-corrected chi connectivity index (χ3v) is 3.85. The van der Waals surface area contributed by atoms with Crippen molar-refractivity contribution >= 4 is 17.2 Å². The zero-order valence-corrected chi connectivity index (χ0v) is 11.0. The van der Waals surface area contributed by atoms with E-state index < -0.39 is 0 Å². The van der Waals surface area contributed by atoms with Crippen molar-refractivity contribution in [2.75, 3.05) is 31.1 Å². The number of aromatic nitrogens is 2. The molecule has 1 N–H and O–H groups in total. The molecule has 1 aliphatic rings. The molecule has 0 saturated carbocycles. The first kappa shape index (κ1) is 11.6. The highest BCUT2D eigenvalue weighted by molar-refractivity contribution is 7.07. The van der Waals surface area contributed by atoms with Crippen LogP contribution in [0.3, 0.4) is 0 Å². The lowest BCUT2D eigenvalue weighted by Crippen LogP contribution is -2.43. The molecule has 4 nitrogen and oxygen atoms in total. The summed E-state index contributed by atoms with van der Waals surface area (Å²) in [7, 11) is 0. The lowest BCUT2D eigenvalue weighted by molar-refractivity contribution is 0.584. The molecule has 0 unspecified atom stereocenters. The quantitative estimate of drug-likeness (QED) is 0.909. The molecule has 2 aromatic rings. The maximum absolute atomic E-state index is 4.38. The molecule has 0 atom stereocenters. The van der Waals surface area contributed by atoms with E-state index in [4.69, 9.17) is 0 Å². The number of rotatable bonds is 3. The molecule has 1 aliphatic heterocycles. The molecule has 0 spiro atoms. The van der Waals surface area contributed by atoms with Gasteiger partial charge in [0.25, 0.3) is 0 Å². The predicted octanol–water partition coefficient (Wildman–Crippen LogP) is 1.54. The van der Waals surface area contributed by atoms with E-state index in [0.29, 0.717) is 0 Å². The minimum Gasteiger partial charge on any atom is -0.354 e. The van der Waals surface area contributed by atoms with Crippen molar-refractivity contribution in [1.82, 2.24) is 15.3 Å². The average molecular weight is 260 g/mol.